The zero-order chi connectivity index (χ0) is 9.16. The highest BCUT2D eigenvalue weighted by atomic mass is 16.3. The van der Waals surface area contributed by atoms with Gasteiger partial charge in [0.05, 0.1) is 18.3 Å². The fourth-order valence-electron chi connectivity index (χ4n) is 4.09. The van der Waals surface area contributed by atoms with Gasteiger partial charge in [-0.1, -0.05) is 0 Å². The van der Waals surface area contributed by atoms with E-state index in [-0.39, 0.29) is 30.1 Å². The zero-order valence-electron chi connectivity index (χ0n) is 7.50. The normalized spacial score (nSPS) is 64.4. The lowest BCUT2D eigenvalue weighted by atomic mass is 9.91. The second kappa shape index (κ2) is 2.47. The molecule has 0 heterocycles. The molecule has 3 saturated carbocycles. The third-order valence-electron chi connectivity index (χ3n) is 4.47. The molecule has 3 aliphatic rings. The molecule has 0 amide bonds. The maximum Gasteiger partial charge on any atom is 0.0599 e. The summed E-state index contributed by atoms with van der Waals surface area (Å²) in [6, 6.07) is 0. The monoisotopic (exact) mass is 184 g/mol. The van der Waals surface area contributed by atoms with E-state index in [9.17, 15) is 15.3 Å². The number of hydrogen-bond donors (Lipinski definition) is 3. The van der Waals surface area contributed by atoms with E-state index in [4.69, 9.17) is 0 Å². The quantitative estimate of drug-likeness (QED) is 0.486. The van der Waals surface area contributed by atoms with Crippen molar-refractivity contribution in [2.45, 2.75) is 37.6 Å². The van der Waals surface area contributed by atoms with Gasteiger partial charge < -0.3 is 15.3 Å². The molecule has 0 aliphatic heterocycles. The molecule has 0 saturated heterocycles. The summed E-state index contributed by atoms with van der Waals surface area (Å²) in [4.78, 5) is 0. The Hall–Kier alpha value is -0.120. The van der Waals surface area contributed by atoms with E-state index in [1.54, 1.807) is 0 Å². The first-order valence-corrected chi connectivity index (χ1v) is 5.22. The van der Waals surface area contributed by atoms with Gasteiger partial charge in [0, 0.05) is 5.92 Å². The Morgan fingerprint density at radius 1 is 0.692 bits per heavy atom. The van der Waals surface area contributed by atoms with Crippen molar-refractivity contribution in [2.24, 2.45) is 23.7 Å². The maximum absolute atomic E-state index is 9.74. The largest absolute Gasteiger partial charge is 0.393 e. The van der Waals surface area contributed by atoms with Crippen LogP contribution in [-0.4, -0.2) is 33.6 Å². The van der Waals surface area contributed by atoms with E-state index in [1.165, 1.54) is 0 Å². The first-order valence-electron chi connectivity index (χ1n) is 5.22. The van der Waals surface area contributed by atoms with Crippen molar-refractivity contribution in [3.05, 3.63) is 0 Å². The van der Waals surface area contributed by atoms with Gasteiger partial charge in [0.15, 0.2) is 0 Å². The molecule has 3 N–H and O–H groups in total. The van der Waals surface area contributed by atoms with Gasteiger partial charge in [-0.25, -0.2) is 0 Å². The van der Waals surface area contributed by atoms with Crippen molar-refractivity contribution in [2.75, 3.05) is 0 Å². The smallest absolute Gasteiger partial charge is 0.0599 e. The van der Waals surface area contributed by atoms with Gasteiger partial charge in [0.25, 0.3) is 0 Å². The minimum Gasteiger partial charge on any atom is -0.393 e. The number of hydrogen-bond acceptors (Lipinski definition) is 3. The lowest BCUT2D eigenvalue weighted by molar-refractivity contribution is 0.0401. The van der Waals surface area contributed by atoms with Crippen LogP contribution < -0.4 is 0 Å². The molecule has 74 valence electrons. The van der Waals surface area contributed by atoms with E-state index in [1.807, 2.05) is 0 Å². The van der Waals surface area contributed by atoms with Gasteiger partial charge in [0.2, 0.25) is 0 Å². The molecule has 0 bridgehead atoms. The highest BCUT2D eigenvalue weighted by molar-refractivity contribution is 5.09. The van der Waals surface area contributed by atoms with Crippen molar-refractivity contribution in [3.63, 3.8) is 0 Å². The van der Waals surface area contributed by atoms with Crippen LogP contribution in [0.15, 0.2) is 0 Å². The number of aliphatic hydroxyl groups excluding tert-OH is 3. The standard InChI is InChI=1S/C10H16O3/c11-6-1-4-2-7(12)10-8(13)3-5(6)9(4)10/h4-13H,1-3H2/t4-,5-,6+,7-,8+,9+,10-/m0/s1. The summed E-state index contributed by atoms with van der Waals surface area (Å²) >= 11 is 0. The molecule has 0 aromatic heterocycles. The summed E-state index contributed by atoms with van der Waals surface area (Å²) in [7, 11) is 0. The predicted molar refractivity (Wildman–Crippen MR) is 45.8 cm³/mol. The Kier molecular flexibility index (Phi) is 1.56. The molecule has 0 radical (unpaired) electrons. The van der Waals surface area contributed by atoms with Gasteiger partial charge in [-0.3, -0.25) is 0 Å². The lowest BCUT2D eigenvalue weighted by Crippen LogP contribution is -2.25. The third-order valence-corrected chi connectivity index (χ3v) is 4.47. The summed E-state index contributed by atoms with van der Waals surface area (Å²) in [6.07, 6.45) is 1.43. The summed E-state index contributed by atoms with van der Waals surface area (Å²) in [6.45, 7) is 0. The molecule has 3 heteroatoms. The molecular weight excluding hydrogens is 168 g/mol. The molecule has 0 unspecified atom stereocenters. The van der Waals surface area contributed by atoms with Crippen molar-refractivity contribution >= 4 is 0 Å². The van der Waals surface area contributed by atoms with Crippen molar-refractivity contribution < 1.29 is 15.3 Å². The Bertz CT molecular complexity index is 230. The average Bonchev–Trinajstić information content (AvgIpc) is 2.60. The van der Waals surface area contributed by atoms with Crippen molar-refractivity contribution in [1.82, 2.24) is 0 Å². The summed E-state index contributed by atoms with van der Waals surface area (Å²) in [5.74, 6) is 1.20. The van der Waals surface area contributed by atoms with Crippen molar-refractivity contribution in [1.29, 1.82) is 0 Å². The van der Waals surface area contributed by atoms with Crippen LogP contribution in [0.1, 0.15) is 19.3 Å². The SMILES string of the molecule is O[C@@H]1C[C@H]2C[C@H](O)[C@@H]3[C@H]2[C@H]1C[C@H]3O. The van der Waals surface area contributed by atoms with Crippen LogP contribution in [0, 0.1) is 23.7 Å². The van der Waals surface area contributed by atoms with Gasteiger partial charge >= 0.3 is 0 Å². The highest BCUT2D eigenvalue weighted by Crippen LogP contribution is 2.58. The summed E-state index contributed by atoms with van der Waals surface area (Å²) in [5.41, 5.74) is 0. The first-order chi connectivity index (χ1) is 6.18. The number of rotatable bonds is 0. The molecule has 7 atom stereocenters. The van der Waals surface area contributed by atoms with Crippen LogP contribution in [0.2, 0.25) is 0 Å². The van der Waals surface area contributed by atoms with Gasteiger partial charge in [-0.05, 0) is 37.0 Å². The molecule has 0 spiro atoms. The Morgan fingerprint density at radius 2 is 1.31 bits per heavy atom. The van der Waals surface area contributed by atoms with Crippen LogP contribution in [0.4, 0.5) is 0 Å². The van der Waals surface area contributed by atoms with E-state index in [2.05, 4.69) is 0 Å². The van der Waals surface area contributed by atoms with Gasteiger partial charge in [-0.2, -0.15) is 0 Å². The van der Waals surface area contributed by atoms with Crippen molar-refractivity contribution in [3.8, 4) is 0 Å². The van der Waals surface area contributed by atoms with E-state index in [0.717, 1.165) is 12.8 Å². The fourth-order valence-corrected chi connectivity index (χ4v) is 4.09. The maximum atomic E-state index is 9.74. The molecule has 0 aromatic rings. The van der Waals surface area contributed by atoms with E-state index >= 15 is 0 Å². The molecule has 3 fully saturated rings. The molecule has 3 nitrogen and oxygen atoms in total. The second-order valence-corrected chi connectivity index (χ2v) is 4.99. The highest BCUT2D eigenvalue weighted by Gasteiger charge is 2.59. The van der Waals surface area contributed by atoms with Crippen LogP contribution in [0.25, 0.3) is 0 Å². The minimum atomic E-state index is -0.370. The summed E-state index contributed by atoms with van der Waals surface area (Å²) in [5, 5.41) is 29.2. The topological polar surface area (TPSA) is 60.7 Å². The lowest BCUT2D eigenvalue weighted by Gasteiger charge is -2.17. The molecule has 13 heavy (non-hydrogen) atoms. The minimum absolute atomic E-state index is 0.0622. The first kappa shape index (κ1) is 8.21. The predicted octanol–water partition coefficient (Wildman–Crippen LogP) is -0.255. The average molecular weight is 184 g/mol. The second-order valence-electron chi connectivity index (χ2n) is 4.99. The Balaban J connectivity index is 1.94. The Labute approximate surface area is 77.4 Å². The van der Waals surface area contributed by atoms with Gasteiger partial charge in [0.1, 0.15) is 0 Å². The van der Waals surface area contributed by atoms with Crippen LogP contribution in [-0.2, 0) is 0 Å². The molecule has 3 aliphatic carbocycles. The van der Waals surface area contributed by atoms with E-state index < -0.39 is 0 Å². The number of aliphatic hydroxyl groups is 3. The van der Waals surface area contributed by atoms with Crippen LogP contribution >= 0.6 is 0 Å². The van der Waals surface area contributed by atoms with E-state index in [0.29, 0.717) is 18.3 Å². The molecule has 0 aromatic carbocycles. The Morgan fingerprint density at radius 3 is 2.08 bits per heavy atom. The fraction of sp³-hybridized carbons (Fsp3) is 1.00. The van der Waals surface area contributed by atoms with Crippen LogP contribution in [0.5, 0.6) is 0 Å². The van der Waals surface area contributed by atoms with Crippen LogP contribution in [0.3, 0.4) is 0 Å². The van der Waals surface area contributed by atoms with Gasteiger partial charge in [-0.15, -0.1) is 0 Å². The molecule has 3 rings (SSSR count). The third kappa shape index (κ3) is 0.901. The summed E-state index contributed by atoms with van der Waals surface area (Å²) < 4.78 is 0. The zero-order valence-corrected chi connectivity index (χ0v) is 7.50. The molecular formula is C10H16O3.